The fourth-order valence-electron chi connectivity index (χ4n) is 2.07. The number of hydrogen-bond acceptors (Lipinski definition) is 3. The molecule has 0 unspecified atom stereocenters. The van der Waals surface area contributed by atoms with Gasteiger partial charge in [0.15, 0.2) is 0 Å². The van der Waals surface area contributed by atoms with E-state index in [2.05, 4.69) is 9.97 Å². The highest BCUT2D eigenvalue weighted by Gasteiger charge is 2.10. The van der Waals surface area contributed by atoms with Crippen molar-refractivity contribution in [3.63, 3.8) is 0 Å². The summed E-state index contributed by atoms with van der Waals surface area (Å²) in [5.74, 6) is -0.0671. The maximum Gasteiger partial charge on any atom is 0.246 e. The third kappa shape index (κ3) is 4.40. The molecule has 114 valence electrons. The lowest BCUT2D eigenvalue weighted by Gasteiger charge is -2.15. The van der Waals surface area contributed by atoms with Gasteiger partial charge in [0.1, 0.15) is 0 Å². The van der Waals surface area contributed by atoms with Crippen molar-refractivity contribution in [1.82, 2.24) is 14.9 Å². The van der Waals surface area contributed by atoms with Crippen LogP contribution in [0.5, 0.6) is 0 Å². The lowest BCUT2D eigenvalue weighted by atomic mass is 10.0. The molecule has 1 heterocycles. The van der Waals surface area contributed by atoms with Crippen molar-refractivity contribution in [2.24, 2.45) is 0 Å². The Morgan fingerprint density at radius 3 is 2.82 bits per heavy atom. The van der Waals surface area contributed by atoms with Crippen molar-refractivity contribution in [2.75, 3.05) is 7.05 Å². The minimum atomic E-state index is -0.0671. The van der Waals surface area contributed by atoms with Crippen LogP contribution in [0, 0.1) is 0 Å². The molecular weight excluding hydrogens is 298 g/mol. The molecule has 1 amide bonds. The van der Waals surface area contributed by atoms with Crippen LogP contribution in [0.2, 0.25) is 5.02 Å². The first-order valence-electron chi connectivity index (χ1n) is 7.06. The molecular formula is C17H18ClN3O. The number of amides is 1. The topological polar surface area (TPSA) is 46.1 Å². The molecule has 0 atom stereocenters. The highest BCUT2D eigenvalue weighted by molar-refractivity contribution is 6.30. The molecule has 1 aromatic carbocycles. The molecule has 0 bridgehead atoms. The molecule has 2 aromatic rings. The van der Waals surface area contributed by atoms with Gasteiger partial charge in [0.2, 0.25) is 5.91 Å². The van der Waals surface area contributed by atoms with Gasteiger partial charge in [-0.15, -0.1) is 0 Å². The normalized spacial score (nSPS) is 11.3. The zero-order chi connectivity index (χ0) is 15.9. The number of hydrogen-bond donors (Lipinski definition) is 0. The van der Waals surface area contributed by atoms with Crippen LogP contribution in [0.25, 0.3) is 5.57 Å². The molecule has 0 saturated carbocycles. The number of halogens is 1. The minimum Gasteiger partial charge on any atom is -0.336 e. The second kappa shape index (κ2) is 7.71. The van der Waals surface area contributed by atoms with Crippen molar-refractivity contribution >= 4 is 23.1 Å². The Hall–Kier alpha value is -2.20. The molecule has 0 aliphatic rings. The van der Waals surface area contributed by atoms with Gasteiger partial charge >= 0.3 is 0 Å². The molecule has 1 aromatic heterocycles. The predicted molar refractivity (Wildman–Crippen MR) is 88.2 cm³/mol. The molecule has 0 N–H and O–H groups in total. The van der Waals surface area contributed by atoms with Crippen LogP contribution in [0.15, 0.2) is 48.9 Å². The van der Waals surface area contributed by atoms with E-state index in [1.165, 1.54) is 0 Å². The van der Waals surface area contributed by atoms with Crippen molar-refractivity contribution < 1.29 is 4.79 Å². The Labute approximate surface area is 135 Å². The van der Waals surface area contributed by atoms with Crippen LogP contribution in [-0.4, -0.2) is 27.8 Å². The number of likely N-dealkylation sites (N-methyl/N-ethyl adjacent to an activating group) is 1. The van der Waals surface area contributed by atoms with Gasteiger partial charge in [-0.3, -0.25) is 14.8 Å². The highest BCUT2D eigenvalue weighted by Crippen LogP contribution is 2.21. The van der Waals surface area contributed by atoms with E-state index < -0.39 is 0 Å². The van der Waals surface area contributed by atoms with Crippen molar-refractivity contribution in [3.8, 4) is 0 Å². The van der Waals surface area contributed by atoms with E-state index in [-0.39, 0.29) is 5.91 Å². The quantitative estimate of drug-likeness (QED) is 0.792. The fraction of sp³-hybridized carbons (Fsp3) is 0.235. The standard InChI is InChI=1S/C17H18ClN3O/c1-3-13(14-5-4-6-15(18)9-14)10-17(22)21(2)12-16-11-19-7-8-20-16/h4-11H,3,12H2,1-2H3. The largest absolute Gasteiger partial charge is 0.336 e. The Morgan fingerprint density at radius 2 is 2.18 bits per heavy atom. The van der Waals surface area contributed by atoms with Crippen LogP contribution in [0.1, 0.15) is 24.6 Å². The lowest BCUT2D eigenvalue weighted by molar-refractivity contribution is -0.125. The smallest absolute Gasteiger partial charge is 0.246 e. The number of benzene rings is 1. The molecule has 2 rings (SSSR count). The third-order valence-electron chi connectivity index (χ3n) is 3.27. The molecule has 4 nitrogen and oxygen atoms in total. The SMILES string of the molecule is CCC(=CC(=O)N(C)Cc1cnccn1)c1cccc(Cl)c1. The summed E-state index contributed by atoms with van der Waals surface area (Å²) in [5.41, 5.74) is 2.68. The first-order chi connectivity index (χ1) is 10.6. The van der Waals surface area contributed by atoms with E-state index in [0.717, 1.165) is 23.3 Å². The summed E-state index contributed by atoms with van der Waals surface area (Å²) in [6.07, 6.45) is 7.30. The number of rotatable bonds is 5. The molecule has 22 heavy (non-hydrogen) atoms. The van der Waals surface area contributed by atoms with Crippen molar-refractivity contribution in [3.05, 3.63) is 65.2 Å². The van der Waals surface area contributed by atoms with Gasteiger partial charge in [-0.2, -0.15) is 0 Å². The summed E-state index contributed by atoms with van der Waals surface area (Å²) in [7, 11) is 1.75. The van der Waals surface area contributed by atoms with Crippen LogP contribution in [0.4, 0.5) is 0 Å². The molecule has 0 aliphatic heterocycles. The zero-order valence-corrected chi connectivity index (χ0v) is 13.4. The van der Waals surface area contributed by atoms with Crippen LogP contribution < -0.4 is 0 Å². The van der Waals surface area contributed by atoms with Gasteiger partial charge in [0.05, 0.1) is 18.4 Å². The summed E-state index contributed by atoms with van der Waals surface area (Å²) < 4.78 is 0. The van der Waals surface area contributed by atoms with E-state index in [4.69, 9.17) is 11.6 Å². The van der Waals surface area contributed by atoms with Gasteiger partial charge in [-0.05, 0) is 29.7 Å². The minimum absolute atomic E-state index is 0.0671. The zero-order valence-electron chi connectivity index (χ0n) is 12.7. The maximum atomic E-state index is 12.3. The average Bonchev–Trinajstić information content (AvgIpc) is 2.53. The maximum absolute atomic E-state index is 12.3. The molecule has 0 saturated heterocycles. The lowest BCUT2D eigenvalue weighted by Crippen LogP contribution is -2.25. The second-order valence-electron chi connectivity index (χ2n) is 4.92. The summed E-state index contributed by atoms with van der Waals surface area (Å²) in [4.78, 5) is 22.1. The summed E-state index contributed by atoms with van der Waals surface area (Å²) in [5, 5.41) is 0.664. The van der Waals surface area contributed by atoms with E-state index in [9.17, 15) is 4.79 Å². The number of carbonyl (C=O) groups excluding carboxylic acids is 1. The first kappa shape index (κ1) is 16.2. The molecule has 0 fully saturated rings. The Balaban J connectivity index is 2.13. The van der Waals surface area contributed by atoms with Gasteiger partial charge < -0.3 is 4.90 Å². The van der Waals surface area contributed by atoms with Crippen LogP contribution in [-0.2, 0) is 11.3 Å². The van der Waals surface area contributed by atoms with Crippen molar-refractivity contribution in [1.29, 1.82) is 0 Å². The molecule has 0 radical (unpaired) electrons. The Bertz CT molecular complexity index is 671. The average molecular weight is 316 g/mol. The molecule has 5 heteroatoms. The second-order valence-corrected chi connectivity index (χ2v) is 5.36. The molecule has 0 aliphatic carbocycles. The number of carbonyl (C=O) groups is 1. The van der Waals surface area contributed by atoms with Gasteiger partial charge in [-0.25, -0.2) is 0 Å². The highest BCUT2D eigenvalue weighted by atomic mass is 35.5. The summed E-state index contributed by atoms with van der Waals surface area (Å²) in [6, 6.07) is 7.53. The van der Waals surface area contributed by atoms with Crippen LogP contribution >= 0.6 is 11.6 Å². The monoisotopic (exact) mass is 315 g/mol. The number of aromatic nitrogens is 2. The predicted octanol–water partition coefficient (Wildman–Crippen LogP) is 3.58. The Kier molecular flexibility index (Phi) is 5.67. The summed E-state index contributed by atoms with van der Waals surface area (Å²) >= 11 is 6.01. The Morgan fingerprint density at radius 1 is 1.36 bits per heavy atom. The third-order valence-corrected chi connectivity index (χ3v) is 3.50. The molecule has 0 spiro atoms. The number of nitrogens with zero attached hydrogens (tertiary/aromatic N) is 3. The summed E-state index contributed by atoms with van der Waals surface area (Å²) in [6.45, 7) is 2.44. The van der Waals surface area contributed by atoms with Gasteiger partial charge in [-0.1, -0.05) is 30.7 Å². The number of allylic oxidation sites excluding steroid dienone is 1. The van der Waals surface area contributed by atoms with Gasteiger partial charge in [0, 0.05) is 30.5 Å². The van der Waals surface area contributed by atoms with E-state index in [1.807, 2.05) is 31.2 Å². The first-order valence-corrected chi connectivity index (χ1v) is 7.44. The van der Waals surface area contributed by atoms with E-state index in [1.54, 1.807) is 36.6 Å². The van der Waals surface area contributed by atoms with E-state index >= 15 is 0 Å². The van der Waals surface area contributed by atoms with Crippen LogP contribution in [0.3, 0.4) is 0 Å². The van der Waals surface area contributed by atoms with Gasteiger partial charge in [0.25, 0.3) is 0 Å². The van der Waals surface area contributed by atoms with E-state index in [0.29, 0.717) is 11.6 Å². The fourth-order valence-corrected chi connectivity index (χ4v) is 2.26. The van der Waals surface area contributed by atoms with Crippen molar-refractivity contribution in [2.45, 2.75) is 19.9 Å².